The lowest BCUT2D eigenvalue weighted by Gasteiger charge is -2.41. The van der Waals surface area contributed by atoms with Gasteiger partial charge in [-0.05, 0) is 38.5 Å². The first-order valence-electron chi connectivity index (χ1n) is 14.2. The summed E-state index contributed by atoms with van der Waals surface area (Å²) in [5.41, 5.74) is 0. The standard InChI is InChI=1S/C28H48O12S/c1-3-5-6-7-8-9-10-11-12-13-14-15-16-17-18-36-20-22(38-24(30)4-2)21-37-28-26(32)27(40-41(33,34)35)25(31)23(19-29)39-28/h5-6,8-9,11-12,22-23,25-29,31-32H,3-4,7,10,13-21H2,1-2H3,(H,33,34,35)/b6-5-,9-8-,12-11-. The third kappa shape index (κ3) is 17.1. The molecule has 1 heterocycles. The molecule has 6 atom stereocenters. The molecule has 0 spiro atoms. The first-order chi connectivity index (χ1) is 19.6. The monoisotopic (exact) mass is 608 g/mol. The lowest BCUT2D eigenvalue weighted by molar-refractivity contribution is -0.301. The van der Waals surface area contributed by atoms with Gasteiger partial charge in [-0.15, -0.1) is 0 Å². The lowest BCUT2D eigenvalue weighted by Crippen LogP contribution is -2.60. The summed E-state index contributed by atoms with van der Waals surface area (Å²) in [6.07, 6.45) is 11.8. The van der Waals surface area contributed by atoms with Crippen molar-refractivity contribution in [3.05, 3.63) is 36.5 Å². The fourth-order valence-corrected chi connectivity index (χ4v) is 4.40. The van der Waals surface area contributed by atoms with Crippen LogP contribution in [0.25, 0.3) is 0 Å². The second-order valence-corrected chi connectivity index (χ2v) is 10.6. The van der Waals surface area contributed by atoms with Crippen molar-refractivity contribution in [1.29, 1.82) is 0 Å². The summed E-state index contributed by atoms with van der Waals surface area (Å²) in [5, 5.41) is 30.0. The molecule has 0 aromatic rings. The van der Waals surface area contributed by atoms with E-state index in [4.69, 9.17) is 23.5 Å². The highest BCUT2D eigenvalue weighted by molar-refractivity contribution is 7.80. The maximum atomic E-state index is 11.9. The molecule has 1 saturated heterocycles. The van der Waals surface area contributed by atoms with Crippen LogP contribution in [0.5, 0.6) is 0 Å². The molecule has 0 saturated carbocycles. The van der Waals surface area contributed by atoms with Gasteiger partial charge in [0, 0.05) is 13.0 Å². The zero-order chi connectivity index (χ0) is 30.5. The number of allylic oxidation sites excluding steroid dienone is 6. The predicted octanol–water partition coefficient (Wildman–Crippen LogP) is 2.78. The van der Waals surface area contributed by atoms with Gasteiger partial charge in [0.1, 0.15) is 30.5 Å². The number of carbonyl (C=O) groups is 1. The molecule has 4 N–H and O–H groups in total. The Labute approximate surface area is 243 Å². The Balaban J connectivity index is 2.39. The summed E-state index contributed by atoms with van der Waals surface area (Å²) in [6.45, 7) is 3.15. The Bertz CT molecular complexity index is 889. The van der Waals surface area contributed by atoms with E-state index in [1.54, 1.807) is 6.92 Å². The summed E-state index contributed by atoms with van der Waals surface area (Å²) in [4.78, 5) is 11.9. The van der Waals surface area contributed by atoms with Crippen molar-refractivity contribution >= 4 is 16.4 Å². The summed E-state index contributed by atoms with van der Waals surface area (Å²) in [7, 11) is -5.04. The van der Waals surface area contributed by atoms with Gasteiger partial charge in [0.2, 0.25) is 0 Å². The molecule has 12 nitrogen and oxygen atoms in total. The highest BCUT2D eigenvalue weighted by Crippen LogP contribution is 2.25. The largest absolute Gasteiger partial charge is 0.457 e. The van der Waals surface area contributed by atoms with Crippen molar-refractivity contribution in [3.8, 4) is 0 Å². The molecule has 0 radical (unpaired) electrons. The van der Waals surface area contributed by atoms with Crippen LogP contribution in [0.15, 0.2) is 36.5 Å². The van der Waals surface area contributed by atoms with Crippen LogP contribution in [0.3, 0.4) is 0 Å². The molecular weight excluding hydrogens is 560 g/mol. The van der Waals surface area contributed by atoms with Gasteiger partial charge in [-0.3, -0.25) is 9.35 Å². The van der Waals surface area contributed by atoms with Crippen LogP contribution >= 0.6 is 0 Å². The molecule has 0 aliphatic carbocycles. The van der Waals surface area contributed by atoms with Gasteiger partial charge in [-0.25, -0.2) is 4.18 Å². The minimum Gasteiger partial charge on any atom is -0.457 e. The summed E-state index contributed by atoms with van der Waals surface area (Å²) < 4.78 is 57.3. The Kier molecular flexibility index (Phi) is 20.0. The molecule has 1 fully saturated rings. The van der Waals surface area contributed by atoms with Crippen molar-refractivity contribution in [2.24, 2.45) is 0 Å². The lowest BCUT2D eigenvalue weighted by atomic mass is 9.99. The van der Waals surface area contributed by atoms with Crippen LogP contribution in [0, 0.1) is 0 Å². The average Bonchev–Trinajstić information content (AvgIpc) is 2.93. The number of aliphatic hydroxyl groups is 3. The number of hydrogen-bond donors (Lipinski definition) is 4. The van der Waals surface area contributed by atoms with Gasteiger partial charge in [-0.1, -0.05) is 63.1 Å². The number of hydrogen-bond acceptors (Lipinski definition) is 11. The van der Waals surface area contributed by atoms with Crippen LogP contribution in [0.2, 0.25) is 0 Å². The smallest absolute Gasteiger partial charge is 0.397 e. The van der Waals surface area contributed by atoms with Gasteiger partial charge in [0.15, 0.2) is 6.29 Å². The maximum absolute atomic E-state index is 11.9. The highest BCUT2D eigenvalue weighted by Gasteiger charge is 2.48. The van der Waals surface area contributed by atoms with Crippen molar-refractivity contribution in [2.45, 2.75) is 108 Å². The van der Waals surface area contributed by atoms with E-state index in [2.05, 4.69) is 47.6 Å². The summed E-state index contributed by atoms with van der Waals surface area (Å²) >= 11 is 0. The van der Waals surface area contributed by atoms with Gasteiger partial charge < -0.3 is 34.3 Å². The molecular formula is C28H48O12S. The Morgan fingerprint density at radius 3 is 2.22 bits per heavy atom. The number of rotatable bonds is 22. The second kappa shape index (κ2) is 21.9. The zero-order valence-corrected chi connectivity index (χ0v) is 24.9. The maximum Gasteiger partial charge on any atom is 0.397 e. The van der Waals surface area contributed by atoms with Crippen LogP contribution in [0.1, 0.15) is 71.6 Å². The molecule has 0 aromatic heterocycles. The number of ether oxygens (including phenoxy) is 4. The average molecular weight is 609 g/mol. The van der Waals surface area contributed by atoms with Crippen LogP contribution in [0.4, 0.5) is 0 Å². The van der Waals surface area contributed by atoms with Crippen LogP contribution < -0.4 is 0 Å². The third-order valence-electron chi connectivity index (χ3n) is 6.08. The van der Waals surface area contributed by atoms with E-state index < -0.39 is 59.8 Å². The van der Waals surface area contributed by atoms with Crippen molar-refractivity contribution in [1.82, 2.24) is 0 Å². The highest BCUT2D eigenvalue weighted by atomic mass is 32.3. The number of carbonyl (C=O) groups excluding carboxylic acids is 1. The van der Waals surface area contributed by atoms with Crippen molar-refractivity contribution in [3.63, 3.8) is 0 Å². The molecule has 0 amide bonds. The van der Waals surface area contributed by atoms with Gasteiger partial charge in [-0.2, -0.15) is 8.42 Å². The third-order valence-corrected chi connectivity index (χ3v) is 6.55. The molecule has 1 rings (SSSR count). The Morgan fingerprint density at radius 1 is 0.927 bits per heavy atom. The van der Waals surface area contributed by atoms with Gasteiger partial charge >= 0.3 is 16.4 Å². The van der Waals surface area contributed by atoms with Crippen LogP contribution in [-0.2, 0) is 38.3 Å². The molecule has 41 heavy (non-hydrogen) atoms. The zero-order valence-electron chi connectivity index (χ0n) is 24.1. The quantitative estimate of drug-likeness (QED) is 0.0612. The minimum atomic E-state index is -5.04. The number of aliphatic hydroxyl groups excluding tert-OH is 3. The normalized spacial score (nSPS) is 24.5. The van der Waals surface area contributed by atoms with Crippen molar-refractivity contribution in [2.75, 3.05) is 26.4 Å². The van der Waals surface area contributed by atoms with Crippen molar-refractivity contribution < 1.29 is 56.2 Å². The SMILES string of the molecule is CC/C=C\C/C=C\C/C=C\CCCCCCOCC(COC1OC(CO)C(O)C(OS(=O)(=O)O)C1O)OC(=O)CC. The minimum absolute atomic E-state index is 0.00997. The molecule has 6 unspecified atom stereocenters. The molecule has 1 aliphatic rings. The molecule has 0 bridgehead atoms. The second-order valence-electron chi connectivity index (χ2n) is 9.57. The number of esters is 1. The van der Waals surface area contributed by atoms with E-state index in [0.29, 0.717) is 6.61 Å². The summed E-state index contributed by atoms with van der Waals surface area (Å²) in [6, 6.07) is 0. The van der Waals surface area contributed by atoms with E-state index in [9.17, 15) is 28.5 Å². The number of unbranched alkanes of at least 4 members (excludes halogenated alkanes) is 4. The van der Waals surface area contributed by atoms with Gasteiger partial charge in [0.25, 0.3) is 0 Å². The topological polar surface area (TPSA) is 178 Å². The molecule has 238 valence electrons. The van der Waals surface area contributed by atoms with E-state index in [1.165, 1.54) is 0 Å². The fraction of sp³-hybridized carbons (Fsp3) is 0.750. The van der Waals surface area contributed by atoms with Crippen LogP contribution in [-0.4, -0.2) is 97.5 Å². The molecule has 1 aliphatic heterocycles. The first-order valence-corrected chi connectivity index (χ1v) is 15.6. The summed E-state index contributed by atoms with van der Waals surface area (Å²) in [5.74, 6) is -0.500. The van der Waals surface area contributed by atoms with E-state index >= 15 is 0 Å². The molecule has 0 aromatic carbocycles. The molecule has 13 heteroatoms. The van der Waals surface area contributed by atoms with E-state index in [0.717, 1.165) is 51.4 Å². The van der Waals surface area contributed by atoms with E-state index in [-0.39, 0.29) is 19.6 Å². The fourth-order valence-electron chi connectivity index (χ4n) is 3.89. The van der Waals surface area contributed by atoms with Gasteiger partial charge in [0.05, 0.1) is 19.8 Å². The predicted molar refractivity (Wildman–Crippen MR) is 151 cm³/mol. The van der Waals surface area contributed by atoms with E-state index in [1.807, 2.05) is 0 Å². The Hall–Kier alpha value is -1.68. The first kappa shape index (κ1) is 37.3. The Morgan fingerprint density at radius 2 is 1.59 bits per heavy atom.